The Morgan fingerprint density at radius 1 is 1.07 bits per heavy atom. The average Bonchev–Trinajstić information content (AvgIpc) is 3.27. The van der Waals surface area contributed by atoms with Crippen LogP contribution in [0.1, 0.15) is 15.9 Å². The predicted octanol–water partition coefficient (Wildman–Crippen LogP) is 4.09. The molecule has 0 radical (unpaired) electrons. The lowest BCUT2D eigenvalue weighted by Crippen LogP contribution is -2.23. The Bertz CT molecular complexity index is 957. The van der Waals surface area contributed by atoms with Gasteiger partial charge in [0.2, 0.25) is 0 Å². The number of carbonyl (C=O) groups excluding carboxylic acids is 1. The van der Waals surface area contributed by atoms with E-state index in [-0.39, 0.29) is 5.91 Å². The molecule has 2 aromatic carbocycles. The highest BCUT2D eigenvalue weighted by atomic mass is 35.5. The normalized spacial score (nSPS) is 10.6. The van der Waals surface area contributed by atoms with E-state index in [1.165, 1.54) is 7.11 Å². The van der Waals surface area contributed by atoms with Gasteiger partial charge in [-0.3, -0.25) is 4.79 Å². The minimum atomic E-state index is -0.270. The summed E-state index contributed by atoms with van der Waals surface area (Å²) < 4.78 is 17.9. The van der Waals surface area contributed by atoms with Gasteiger partial charge >= 0.3 is 0 Å². The maximum absolute atomic E-state index is 12.7. The Labute approximate surface area is 175 Å². The van der Waals surface area contributed by atoms with Gasteiger partial charge in [0.05, 0.1) is 30.0 Å². The summed E-state index contributed by atoms with van der Waals surface area (Å²) in [5, 5.41) is 3.36. The third-order valence-corrected chi connectivity index (χ3v) is 4.61. The molecule has 3 aromatic rings. The molecule has 0 aliphatic rings. The van der Waals surface area contributed by atoms with Crippen LogP contribution in [0, 0.1) is 0 Å². The van der Waals surface area contributed by atoms with Crippen molar-refractivity contribution in [2.24, 2.45) is 0 Å². The molecular formula is C22H23ClN2O4. The highest BCUT2D eigenvalue weighted by molar-refractivity contribution is 6.33. The molecule has 1 amide bonds. The number of carbonyl (C=O) groups is 1. The van der Waals surface area contributed by atoms with E-state index in [2.05, 4.69) is 5.32 Å². The van der Waals surface area contributed by atoms with E-state index in [0.717, 1.165) is 17.0 Å². The van der Waals surface area contributed by atoms with Crippen LogP contribution in [-0.4, -0.2) is 37.9 Å². The van der Waals surface area contributed by atoms with Crippen LogP contribution in [0.2, 0.25) is 5.02 Å². The fourth-order valence-electron chi connectivity index (χ4n) is 2.85. The van der Waals surface area contributed by atoms with Gasteiger partial charge < -0.3 is 24.1 Å². The standard InChI is InChI=1S/C22H23ClN2O4/c1-27-10-11-29-17-7-5-6-16(12-17)15-24-22(26)18-13-19(23)20(14-21(18)28-2)25-8-3-4-9-25/h3-9,12-14H,10-11,15H2,1-2H3,(H,24,26). The third-order valence-electron chi connectivity index (χ3n) is 4.30. The van der Waals surface area contributed by atoms with E-state index in [0.29, 0.717) is 36.1 Å². The summed E-state index contributed by atoms with van der Waals surface area (Å²) in [7, 11) is 3.15. The summed E-state index contributed by atoms with van der Waals surface area (Å²) in [6.07, 6.45) is 3.75. The van der Waals surface area contributed by atoms with E-state index >= 15 is 0 Å². The van der Waals surface area contributed by atoms with Crippen LogP contribution in [0.3, 0.4) is 0 Å². The quantitative estimate of drug-likeness (QED) is 0.535. The molecule has 0 unspecified atom stereocenters. The number of amides is 1. The van der Waals surface area contributed by atoms with E-state index in [9.17, 15) is 4.79 Å². The first-order valence-electron chi connectivity index (χ1n) is 9.12. The first-order valence-corrected chi connectivity index (χ1v) is 9.50. The number of nitrogens with one attached hydrogen (secondary N) is 1. The SMILES string of the molecule is COCCOc1cccc(CNC(=O)c2cc(Cl)c(-n3cccc3)cc2OC)c1. The van der Waals surface area contributed by atoms with Crippen molar-refractivity contribution in [3.8, 4) is 17.2 Å². The third kappa shape index (κ3) is 5.31. The molecule has 6 nitrogen and oxygen atoms in total. The van der Waals surface area contributed by atoms with E-state index in [4.69, 9.17) is 25.8 Å². The molecular weight excluding hydrogens is 392 g/mol. The molecule has 0 bridgehead atoms. The van der Waals surface area contributed by atoms with Crippen LogP contribution in [0.25, 0.3) is 5.69 Å². The predicted molar refractivity (Wildman–Crippen MR) is 112 cm³/mol. The van der Waals surface area contributed by atoms with E-state index in [1.807, 2.05) is 53.4 Å². The molecule has 0 fully saturated rings. The number of methoxy groups -OCH3 is 2. The highest BCUT2D eigenvalue weighted by Crippen LogP contribution is 2.30. The fraction of sp³-hybridized carbons (Fsp3) is 0.227. The van der Waals surface area contributed by atoms with Gasteiger partial charge in [-0.05, 0) is 35.9 Å². The second-order valence-electron chi connectivity index (χ2n) is 6.27. The number of halogens is 1. The zero-order valence-electron chi connectivity index (χ0n) is 16.4. The van der Waals surface area contributed by atoms with Crippen molar-refractivity contribution >= 4 is 17.5 Å². The number of aromatic nitrogens is 1. The lowest BCUT2D eigenvalue weighted by molar-refractivity contribution is 0.0948. The van der Waals surface area contributed by atoms with Crippen molar-refractivity contribution in [2.45, 2.75) is 6.54 Å². The Kier molecular flexibility index (Phi) is 7.16. The number of rotatable bonds is 9. The van der Waals surface area contributed by atoms with Gasteiger partial charge in [0.15, 0.2) is 0 Å². The lowest BCUT2D eigenvalue weighted by atomic mass is 10.1. The molecule has 1 N–H and O–H groups in total. The maximum Gasteiger partial charge on any atom is 0.255 e. The molecule has 1 aromatic heterocycles. The van der Waals surface area contributed by atoms with Crippen LogP contribution >= 0.6 is 11.6 Å². The Balaban J connectivity index is 1.71. The Morgan fingerprint density at radius 3 is 2.59 bits per heavy atom. The van der Waals surface area contributed by atoms with Crippen molar-refractivity contribution in [1.29, 1.82) is 0 Å². The highest BCUT2D eigenvalue weighted by Gasteiger charge is 2.16. The summed E-state index contributed by atoms with van der Waals surface area (Å²) in [5.41, 5.74) is 2.04. The molecule has 1 heterocycles. The van der Waals surface area contributed by atoms with Crippen molar-refractivity contribution in [1.82, 2.24) is 9.88 Å². The van der Waals surface area contributed by atoms with Gasteiger partial charge in [-0.25, -0.2) is 0 Å². The molecule has 0 atom stereocenters. The van der Waals surface area contributed by atoms with Crippen LogP contribution in [0.4, 0.5) is 0 Å². The first kappa shape index (κ1) is 20.8. The van der Waals surface area contributed by atoms with Gasteiger partial charge in [-0.2, -0.15) is 0 Å². The molecule has 0 saturated heterocycles. The van der Waals surface area contributed by atoms with E-state index < -0.39 is 0 Å². The van der Waals surface area contributed by atoms with Crippen molar-refractivity contribution < 1.29 is 19.0 Å². The number of hydrogen-bond acceptors (Lipinski definition) is 4. The second-order valence-corrected chi connectivity index (χ2v) is 6.67. The van der Waals surface area contributed by atoms with Crippen molar-refractivity contribution in [3.63, 3.8) is 0 Å². The molecule has 0 spiro atoms. The zero-order chi connectivity index (χ0) is 20.6. The number of hydrogen-bond donors (Lipinski definition) is 1. The van der Waals surface area contributed by atoms with Gasteiger partial charge in [0, 0.05) is 32.1 Å². The summed E-state index contributed by atoms with van der Waals surface area (Å²) in [5.74, 6) is 0.909. The summed E-state index contributed by atoms with van der Waals surface area (Å²) >= 11 is 6.41. The van der Waals surface area contributed by atoms with Crippen molar-refractivity contribution in [3.05, 3.63) is 77.1 Å². The van der Waals surface area contributed by atoms with Crippen LogP contribution in [-0.2, 0) is 11.3 Å². The summed E-state index contributed by atoms with van der Waals surface area (Å²) in [6, 6.07) is 14.7. The second kappa shape index (κ2) is 10.0. The van der Waals surface area contributed by atoms with Gasteiger partial charge in [-0.15, -0.1) is 0 Å². The molecule has 3 rings (SSSR count). The van der Waals surface area contributed by atoms with E-state index in [1.54, 1.807) is 19.2 Å². The largest absolute Gasteiger partial charge is 0.496 e. The van der Waals surface area contributed by atoms with Crippen LogP contribution in [0.15, 0.2) is 60.9 Å². The zero-order valence-corrected chi connectivity index (χ0v) is 17.1. The molecule has 0 aliphatic carbocycles. The first-order chi connectivity index (χ1) is 14.1. The summed E-state index contributed by atoms with van der Waals surface area (Å²) in [4.78, 5) is 12.7. The van der Waals surface area contributed by atoms with Crippen LogP contribution < -0.4 is 14.8 Å². The Morgan fingerprint density at radius 2 is 1.86 bits per heavy atom. The van der Waals surface area contributed by atoms with Gasteiger partial charge in [0.25, 0.3) is 5.91 Å². The Hall–Kier alpha value is -2.96. The molecule has 152 valence electrons. The van der Waals surface area contributed by atoms with Gasteiger partial charge in [0.1, 0.15) is 18.1 Å². The monoisotopic (exact) mass is 414 g/mol. The number of ether oxygens (including phenoxy) is 3. The molecule has 7 heteroatoms. The van der Waals surface area contributed by atoms with Crippen LogP contribution in [0.5, 0.6) is 11.5 Å². The smallest absolute Gasteiger partial charge is 0.255 e. The molecule has 0 aliphatic heterocycles. The summed E-state index contributed by atoms with van der Waals surface area (Å²) in [6.45, 7) is 1.33. The number of benzene rings is 2. The van der Waals surface area contributed by atoms with Gasteiger partial charge in [-0.1, -0.05) is 23.7 Å². The average molecular weight is 415 g/mol. The number of nitrogens with zero attached hydrogens (tertiary/aromatic N) is 1. The minimum Gasteiger partial charge on any atom is -0.496 e. The maximum atomic E-state index is 12.7. The molecule has 29 heavy (non-hydrogen) atoms. The fourth-order valence-corrected chi connectivity index (χ4v) is 3.11. The topological polar surface area (TPSA) is 61.7 Å². The minimum absolute atomic E-state index is 0.270. The van der Waals surface area contributed by atoms with Crippen molar-refractivity contribution in [2.75, 3.05) is 27.4 Å². The molecule has 0 saturated carbocycles. The lowest BCUT2D eigenvalue weighted by Gasteiger charge is -2.14.